The molecule has 27 heavy (non-hydrogen) atoms. The standard InChI is InChI=1S/C15H9Cl2N7O2S/c16-10-2-1-8(3-11(10)17)5-19-13-9-4-12(24(25)26)27-14(9)22-15(21-13)23-7-18-6-20-23/h1-4,6-7H,5H2,(H,19,21,22). The van der Waals surface area contributed by atoms with Crippen molar-refractivity contribution in [1.82, 2.24) is 24.7 Å². The van der Waals surface area contributed by atoms with Crippen LogP contribution in [-0.4, -0.2) is 29.7 Å². The molecule has 3 heterocycles. The van der Waals surface area contributed by atoms with Crippen molar-refractivity contribution in [3.05, 3.63) is 62.6 Å². The zero-order valence-corrected chi connectivity index (χ0v) is 15.7. The van der Waals surface area contributed by atoms with Gasteiger partial charge in [0.25, 0.3) is 5.95 Å². The number of hydrogen-bond acceptors (Lipinski definition) is 8. The molecule has 9 nitrogen and oxygen atoms in total. The Morgan fingerprint density at radius 2 is 2.07 bits per heavy atom. The number of halogens is 2. The van der Waals surface area contributed by atoms with Gasteiger partial charge < -0.3 is 5.32 Å². The summed E-state index contributed by atoms with van der Waals surface area (Å²) in [5, 5.41) is 19.8. The molecule has 4 rings (SSSR count). The monoisotopic (exact) mass is 421 g/mol. The van der Waals surface area contributed by atoms with Crippen LogP contribution in [-0.2, 0) is 6.54 Å². The highest BCUT2D eigenvalue weighted by Crippen LogP contribution is 2.34. The number of nitro groups is 1. The van der Waals surface area contributed by atoms with Crippen molar-refractivity contribution in [2.45, 2.75) is 6.54 Å². The summed E-state index contributed by atoms with van der Waals surface area (Å²) in [6, 6.07) is 6.71. The van der Waals surface area contributed by atoms with Crippen LogP contribution in [0.3, 0.4) is 0 Å². The zero-order valence-electron chi connectivity index (χ0n) is 13.3. The molecule has 1 aromatic carbocycles. The third kappa shape index (κ3) is 3.54. The van der Waals surface area contributed by atoms with Crippen LogP contribution in [0.2, 0.25) is 10.0 Å². The van der Waals surface area contributed by atoms with E-state index in [4.69, 9.17) is 23.2 Å². The van der Waals surface area contributed by atoms with Gasteiger partial charge in [0.2, 0.25) is 0 Å². The average molecular weight is 422 g/mol. The van der Waals surface area contributed by atoms with E-state index >= 15 is 0 Å². The van der Waals surface area contributed by atoms with Crippen molar-refractivity contribution >= 4 is 55.6 Å². The highest BCUT2D eigenvalue weighted by molar-refractivity contribution is 7.21. The van der Waals surface area contributed by atoms with E-state index in [1.165, 1.54) is 23.4 Å². The van der Waals surface area contributed by atoms with Crippen molar-refractivity contribution in [2.24, 2.45) is 0 Å². The molecule has 0 radical (unpaired) electrons. The van der Waals surface area contributed by atoms with Crippen molar-refractivity contribution in [1.29, 1.82) is 0 Å². The maximum Gasteiger partial charge on any atom is 0.326 e. The van der Waals surface area contributed by atoms with Gasteiger partial charge in [-0.25, -0.2) is 4.98 Å². The summed E-state index contributed by atoms with van der Waals surface area (Å²) in [5.74, 6) is 0.703. The summed E-state index contributed by atoms with van der Waals surface area (Å²) >= 11 is 12.9. The summed E-state index contributed by atoms with van der Waals surface area (Å²) in [6.45, 7) is 0.392. The van der Waals surface area contributed by atoms with Crippen molar-refractivity contribution in [3.8, 4) is 5.95 Å². The minimum absolute atomic E-state index is 0.0207. The number of thiophene rings is 1. The number of nitrogens with zero attached hydrogens (tertiary/aromatic N) is 6. The van der Waals surface area contributed by atoms with Gasteiger partial charge in [-0.3, -0.25) is 10.1 Å². The number of nitrogens with one attached hydrogen (secondary N) is 1. The largest absolute Gasteiger partial charge is 0.365 e. The number of fused-ring (bicyclic) bond motifs is 1. The quantitative estimate of drug-likeness (QED) is 0.381. The third-order valence-corrected chi connectivity index (χ3v) is 5.34. The van der Waals surface area contributed by atoms with Gasteiger partial charge in [0.15, 0.2) is 0 Å². The number of anilines is 1. The average Bonchev–Trinajstić information content (AvgIpc) is 3.31. The molecule has 0 aliphatic carbocycles. The van der Waals surface area contributed by atoms with Gasteiger partial charge in [-0.2, -0.15) is 19.7 Å². The van der Waals surface area contributed by atoms with E-state index in [0.29, 0.717) is 32.6 Å². The second-order valence-corrected chi connectivity index (χ2v) is 7.20. The molecule has 1 N–H and O–H groups in total. The Kier molecular flexibility index (Phi) is 4.60. The Hall–Kier alpha value is -2.82. The molecule has 0 spiro atoms. The molecular formula is C15H9Cl2N7O2S. The molecule has 0 aliphatic heterocycles. The highest BCUT2D eigenvalue weighted by atomic mass is 35.5. The van der Waals surface area contributed by atoms with Gasteiger partial charge in [0.1, 0.15) is 23.3 Å². The fourth-order valence-electron chi connectivity index (χ4n) is 2.37. The molecule has 136 valence electrons. The highest BCUT2D eigenvalue weighted by Gasteiger charge is 2.18. The molecule has 12 heteroatoms. The van der Waals surface area contributed by atoms with Crippen molar-refractivity contribution < 1.29 is 4.92 Å². The van der Waals surface area contributed by atoms with Crippen molar-refractivity contribution in [2.75, 3.05) is 5.32 Å². The Morgan fingerprint density at radius 3 is 2.78 bits per heavy atom. The Balaban J connectivity index is 1.74. The topological polar surface area (TPSA) is 112 Å². The van der Waals surface area contributed by atoms with Gasteiger partial charge in [-0.15, -0.1) is 0 Å². The summed E-state index contributed by atoms with van der Waals surface area (Å²) in [6.07, 6.45) is 2.80. The van der Waals surface area contributed by atoms with Gasteiger partial charge in [-0.05, 0) is 29.0 Å². The molecule has 0 saturated heterocycles. The summed E-state index contributed by atoms with van der Waals surface area (Å²) < 4.78 is 1.38. The lowest BCUT2D eigenvalue weighted by molar-refractivity contribution is -0.380. The number of aromatic nitrogens is 5. The van der Waals surface area contributed by atoms with E-state index in [0.717, 1.165) is 16.9 Å². The van der Waals surface area contributed by atoms with Crippen LogP contribution < -0.4 is 5.32 Å². The SMILES string of the molecule is O=[N+]([O-])c1cc2c(NCc3ccc(Cl)c(Cl)c3)nc(-n3cncn3)nc2s1. The normalized spacial score (nSPS) is 11.0. The molecule has 0 unspecified atom stereocenters. The number of rotatable bonds is 5. The van der Waals surface area contributed by atoms with E-state index in [1.54, 1.807) is 12.1 Å². The molecule has 0 aliphatic rings. The smallest absolute Gasteiger partial charge is 0.326 e. The molecule has 0 amide bonds. The molecule has 3 aromatic heterocycles. The third-order valence-electron chi connectivity index (χ3n) is 3.62. The van der Waals surface area contributed by atoms with Crippen molar-refractivity contribution in [3.63, 3.8) is 0 Å². The lowest BCUT2D eigenvalue weighted by atomic mass is 10.2. The predicted octanol–water partition coefficient (Wildman–Crippen LogP) is 4.10. The first-order valence-corrected chi connectivity index (χ1v) is 9.07. The van der Waals surface area contributed by atoms with Gasteiger partial charge in [0.05, 0.1) is 20.4 Å². The maximum atomic E-state index is 11.1. The second kappa shape index (κ2) is 7.06. The Labute approximate surface area is 165 Å². The van der Waals surface area contributed by atoms with Gasteiger partial charge >= 0.3 is 5.00 Å². The van der Waals surface area contributed by atoms with E-state index in [-0.39, 0.29) is 10.9 Å². The molecule has 0 fully saturated rings. The number of benzene rings is 1. The lowest BCUT2D eigenvalue weighted by Gasteiger charge is -2.09. The molecule has 4 aromatic rings. The van der Waals surface area contributed by atoms with Crippen LogP contribution in [0.15, 0.2) is 36.9 Å². The predicted molar refractivity (Wildman–Crippen MR) is 103 cm³/mol. The lowest BCUT2D eigenvalue weighted by Crippen LogP contribution is -2.07. The first-order chi connectivity index (χ1) is 13.0. The van der Waals surface area contributed by atoms with Crippen LogP contribution in [0.4, 0.5) is 10.8 Å². The first kappa shape index (κ1) is 17.6. The summed E-state index contributed by atoms with van der Waals surface area (Å²) in [4.78, 5) is 23.8. The molecule has 0 saturated carbocycles. The van der Waals surface area contributed by atoms with Crippen LogP contribution >= 0.6 is 34.5 Å². The first-order valence-electron chi connectivity index (χ1n) is 7.50. The van der Waals surface area contributed by atoms with Crippen LogP contribution in [0.25, 0.3) is 16.2 Å². The minimum Gasteiger partial charge on any atom is -0.365 e. The second-order valence-electron chi connectivity index (χ2n) is 5.37. The summed E-state index contributed by atoms with van der Waals surface area (Å²) in [7, 11) is 0. The van der Waals surface area contributed by atoms with Crippen LogP contribution in [0.1, 0.15) is 5.56 Å². The van der Waals surface area contributed by atoms with Crippen LogP contribution in [0, 0.1) is 10.1 Å². The van der Waals surface area contributed by atoms with Gasteiger partial charge in [0, 0.05) is 12.6 Å². The van der Waals surface area contributed by atoms with E-state index in [1.807, 2.05) is 6.07 Å². The minimum atomic E-state index is -0.454. The zero-order chi connectivity index (χ0) is 19.0. The van der Waals surface area contributed by atoms with E-state index < -0.39 is 4.92 Å². The molecule has 0 bridgehead atoms. The van der Waals surface area contributed by atoms with Crippen LogP contribution in [0.5, 0.6) is 0 Å². The number of hydrogen-bond donors (Lipinski definition) is 1. The molecular weight excluding hydrogens is 413 g/mol. The fourth-order valence-corrected chi connectivity index (χ4v) is 3.53. The fraction of sp³-hybridized carbons (Fsp3) is 0.0667. The Morgan fingerprint density at radius 1 is 1.22 bits per heavy atom. The van der Waals surface area contributed by atoms with Gasteiger partial charge in [-0.1, -0.05) is 29.3 Å². The van der Waals surface area contributed by atoms with E-state index in [9.17, 15) is 10.1 Å². The maximum absolute atomic E-state index is 11.1. The van der Waals surface area contributed by atoms with E-state index in [2.05, 4.69) is 25.4 Å². The summed E-state index contributed by atoms with van der Waals surface area (Å²) in [5.41, 5.74) is 0.878. The molecule has 0 atom stereocenters. The Bertz CT molecular complexity index is 1150.